The molecule has 1 aliphatic heterocycles. The number of alkyl halides is 2. The first-order valence-corrected chi connectivity index (χ1v) is 5.07. The molecule has 0 spiro atoms. The maximum absolute atomic E-state index is 12.6. The minimum atomic E-state index is -2.49. The van der Waals surface area contributed by atoms with Crippen molar-refractivity contribution in [2.75, 3.05) is 20.3 Å². The van der Waals surface area contributed by atoms with E-state index in [1.54, 1.807) is 7.05 Å². The van der Waals surface area contributed by atoms with Crippen molar-refractivity contribution >= 4 is 0 Å². The lowest BCUT2D eigenvalue weighted by Gasteiger charge is -2.22. The van der Waals surface area contributed by atoms with Crippen LogP contribution in [0.15, 0.2) is 12.1 Å². The number of nitrogens with one attached hydrogen (secondary N) is 1. The normalized spacial score (nSPS) is 14.2. The Bertz CT molecular complexity index is 382. The van der Waals surface area contributed by atoms with E-state index >= 15 is 0 Å². The van der Waals surface area contributed by atoms with Gasteiger partial charge in [0.1, 0.15) is 13.2 Å². The van der Waals surface area contributed by atoms with E-state index in [4.69, 9.17) is 9.47 Å². The average Bonchev–Trinajstić information content (AvgIpc) is 2.29. The molecule has 0 aromatic heterocycles. The van der Waals surface area contributed by atoms with Crippen LogP contribution in [-0.4, -0.2) is 20.3 Å². The first kappa shape index (κ1) is 11.1. The van der Waals surface area contributed by atoms with Crippen LogP contribution in [0.25, 0.3) is 0 Å². The Balaban J connectivity index is 2.43. The van der Waals surface area contributed by atoms with Gasteiger partial charge in [-0.3, -0.25) is 0 Å². The molecule has 0 aliphatic carbocycles. The van der Waals surface area contributed by atoms with Gasteiger partial charge >= 0.3 is 0 Å². The number of hydrogen-bond donors (Lipinski definition) is 1. The molecule has 0 fully saturated rings. The standard InChI is InChI=1S/C11H13F2NO2/c1-14-6-8-4-7(11(12)13)5-9-10(8)16-3-2-15-9/h4-5,11,14H,2-3,6H2,1H3. The zero-order valence-electron chi connectivity index (χ0n) is 8.93. The molecule has 1 aromatic rings. The highest BCUT2D eigenvalue weighted by Crippen LogP contribution is 2.37. The highest BCUT2D eigenvalue weighted by Gasteiger charge is 2.20. The van der Waals surface area contributed by atoms with Gasteiger partial charge in [0, 0.05) is 17.7 Å². The van der Waals surface area contributed by atoms with Crippen molar-refractivity contribution in [2.45, 2.75) is 13.0 Å². The van der Waals surface area contributed by atoms with Crippen LogP contribution >= 0.6 is 0 Å². The lowest BCUT2D eigenvalue weighted by Crippen LogP contribution is -2.18. The van der Waals surface area contributed by atoms with Crippen molar-refractivity contribution in [1.82, 2.24) is 5.32 Å². The van der Waals surface area contributed by atoms with Gasteiger partial charge in [0.25, 0.3) is 6.43 Å². The van der Waals surface area contributed by atoms with Crippen LogP contribution < -0.4 is 14.8 Å². The summed E-state index contributed by atoms with van der Waals surface area (Å²) in [5.41, 5.74) is 0.671. The molecular formula is C11H13F2NO2. The summed E-state index contributed by atoms with van der Waals surface area (Å²) in [5, 5.41) is 2.92. The van der Waals surface area contributed by atoms with E-state index in [0.29, 0.717) is 36.8 Å². The van der Waals surface area contributed by atoms with E-state index in [1.165, 1.54) is 12.1 Å². The van der Waals surface area contributed by atoms with Crippen molar-refractivity contribution < 1.29 is 18.3 Å². The minimum absolute atomic E-state index is 0.0329. The van der Waals surface area contributed by atoms with Crippen LogP contribution in [0.1, 0.15) is 17.6 Å². The van der Waals surface area contributed by atoms with Gasteiger partial charge < -0.3 is 14.8 Å². The lowest BCUT2D eigenvalue weighted by atomic mass is 10.1. The fraction of sp³-hybridized carbons (Fsp3) is 0.455. The predicted octanol–water partition coefficient (Wildman–Crippen LogP) is 2.11. The molecular weight excluding hydrogens is 216 g/mol. The highest BCUT2D eigenvalue weighted by atomic mass is 19.3. The van der Waals surface area contributed by atoms with Crippen molar-refractivity contribution in [1.29, 1.82) is 0 Å². The summed E-state index contributed by atoms with van der Waals surface area (Å²) in [7, 11) is 1.76. The van der Waals surface area contributed by atoms with Gasteiger partial charge in [-0.15, -0.1) is 0 Å². The maximum Gasteiger partial charge on any atom is 0.263 e. The van der Waals surface area contributed by atoms with Crippen molar-refractivity contribution in [3.05, 3.63) is 23.3 Å². The average molecular weight is 229 g/mol. The van der Waals surface area contributed by atoms with E-state index in [1.807, 2.05) is 0 Å². The molecule has 1 aromatic carbocycles. The van der Waals surface area contributed by atoms with Gasteiger partial charge in [-0.1, -0.05) is 0 Å². The van der Waals surface area contributed by atoms with Gasteiger partial charge in [-0.05, 0) is 19.2 Å². The Morgan fingerprint density at radius 1 is 1.31 bits per heavy atom. The van der Waals surface area contributed by atoms with E-state index < -0.39 is 6.43 Å². The minimum Gasteiger partial charge on any atom is -0.486 e. The van der Waals surface area contributed by atoms with Crippen LogP contribution in [0.4, 0.5) is 8.78 Å². The van der Waals surface area contributed by atoms with Crippen LogP contribution in [0.3, 0.4) is 0 Å². The van der Waals surface area contributed by atoms with Crippen molar-refractivity contribution in [3.63, 3.8) is 0 Å². The summed E-state index contributed by atoms with van der Waals surface area (Å²) in [4.78, 5) is 0. The van der Waals surface area contributed by atoms with Gasteiger partial charge in [0.15, 0.2) is 11.5 Å². The molecule has 0 saturated heterocycles. The predicted molar refractivity (Wildman–Crippen MR) is 55.2 cm³/mol. The lowest BCUT2D eigenvalue weighted by molar-refractivity contribution is 0.146. The third-order valence-corrected chi connectivity index (χ3v) is 2.36. The quantitative estimate of drug-likeness (QED) is 0.861. The number of fused-ring (bicyclic) bond motifs is 1. The molecule has 1 N–H and O–H groups in total. The fourth-order valence-electron chi connectivity index (χ4n) is 1.70. The third-order valence-electron chi connectivity index (χ3n) is 2.36. The number of hydrogen-bond acceptors (Lipinski definition) is 3. The SMILES string of the molecule is CNCc1cc(C(F)F)cc2c1OCCO2. The monoisotopic (exact) mass is 229 g/mol. The number of rotatable bonds is 3. The second-order valence-electron chi connectivity index (χ2n) is 3.54. The number of halogens is 2. The van der Waals surface area contributed by atoms with Crippen LogP contribution in [0.5, 0.6) is 11.5 Å². The smallest absolute Gasteiger partial charge is 0.263 e. The van der Waals surface area contributed by atoms with Crippen LogP contribution in [0.2, 0.25) is 0 Å². The Morgan fingerprint density at radius 2 is 2.06 bits per heavy atom. The van der Waals surface area contributed by atoms with Crippen LogP contribution in [-0.2, 0) is 6.54 Å². The van der Waals surface area contributed by atoms with Crippen LogP contribution in [0, 0.1) is 0 Å². The first-order valence-electron chi connectivity index (χ1n) is 5.07. The molecule has 0 radical (unpaired) electrons. The van der Waals surface area contributed by atoms with Crippen molar-refractivity contribution in [3.8, 4) is 11.5 Å². The number of benzene rings is 1. The Hall–Kier alpha value is -1.36. The number of ether oxygens (including phenoxy) is 2. The Labute approximate surface area is 92.4 Å². The molecule has 88 valence electrons. The molecule has 5 heteroatoms. The molecule has 0 bridgehead atoms. The summed E-state index contributed by atoms with van der Waals surface area (Å²) in [6.07, 6.45) is -2.49. The molecule has 1 aliphatic rings. The molecule has 2 rings (SSSR count). The zero-order chi connectivity index (χ0) is 11.5. The Kier molecular flexibility index (Phi) is 3.24. The summed E-state index contributed by atoms with van der Waals surface area (Å²) in [6, 6.07) is 2.80. The third kappa shape index (κ3) is 2.09. The van der Waals surface area contributed by atoms with E-state index in [9.17, 15) is 8.78 Å². The first-order chi connectivity index (χ1) is 7.72. The summed E-state index contributed by atoms with van der Waals surface area (Å²) in [5.74, 6) is 0.985. The highest BCUT2D eigenvalue weighted by molar-refractivity contribution is 5.50. The molecule has 16 heavy (non-hydrogen) atoms. The van der Waals surface area contributed by atoms with Crippen molar-refractivity contribution in [2.24, 2.45) is 0 Å². The molecule has 1 heterocycles. The van der Waals surface area contributed by atoms with E-state index in [2.05, 4.69) is 5.32 Å². The molecule has 3 nitrogen and oxygen atoms in total. The molecule has 0 unspecified atom stereocenters. The molecule has 0 amide bonds. The second kappa shape index (κ2) is 4.65. The molecule has 0 atom stereocenters. The van der Waals surface area contributed by atoms with Gasteiger partial charge in [-0.25, -0.2) is 8.78 Å². The largest absolute Gasteiger partial charge is 0.486 e. The fourth-order valence-corrected chi connectivity index (χ4v) is 1.70. The molecule has 0 saturated carbocycles. The Morgan fingerprint density at radius 3 is 2.75 bits per heavy atom. The second-order valence-corrected chi connectivity index (χ2v) is 3.54. The van der Waals surface area contributed by atoms with Gasteiger partial charge in [0.05, 0.1) is 0 Å². The topological polar surface area (TPSA) is 30.5 Å². The summed E-state index contributed by atoms with van der Waals surface area (Å²) < 4.78 is 36.0. The summed E-state index contributed by atoms with van der Waals surface area (Å²) in [6.45, 7) is 1.34. The van der Waals surface area contributed by atoms with Gasteiger partial charge in [0.2, 0.25) is 0 Å². The zero-order valence-corrected chi connectivity index (χ0v) is 8.93. The van der Waals surface area contributed by atoms with E-state index in [0.717, 1.165) is 0 Å². The van der Waals surface area contributed by atoms with E-state index in [-0.39, 0.29) is 5.56 Å². The van der Waals surface area contributed by atoms with Gasteiger partial charge in [-0.2, -0.15) is 0 Å². The maximum atomic E-state index is 12.6. The summed E-state index contributed by atoms with van der Waals surface area (Å²) >= 11 is 0.